The molecule has 4 unspecified atom stereocenters. The van der Waals surface area contributed by atoms with Crippen molar-refractivity contribution in [1.82, 2.24) is 0 Å². The summed E-state index contributed by atoms with van der Waals surface area (Å²) in [5, 5.41) is 10.8. The van der Waals surface area contributed by atoms with Gasteiger partial charge in [0.25, 0.3) is 0 Å². The molecule has 32 heavy (non-hydrogen) atoms. The van der Waals surface area contributed by atoms with E-state index in [4.69, 9.17) is 18.9 Å². The predicted molar refractivity (Wildman–Crippen MR) is 122 cm³/mol. The van der Waals surface area contributed by atoms with Crippen LogP contribution in [-0.2, 0) is 38.8 Å². The Labute approximate surface area is 189 Å². The van der Waals surface area contributed by atoms with E-state index < -0.39 is 24.1 Å². The van der Waals surface area contributed by atoms with Gasteiger partial charge in [0, 0.05) is 0 Å². The Morgan fingerprint density at radius 3 is 1.81 bits per heavy atom. The van der Waals surface area contributed by atoms with Gasteiger partial charge in [0.2, 0.25) is 0 Å². The van der Waals surface area contributed by atoms with Crippen LogP contribution in [0.1, 0.15) is 23.6 Å². The van der Waals surface area contributed by atoms with Crippen molar-refractivity contribution in [2.45, 2.75) is 50.8 Å². The molecule has 0 spiro atoms. The Kier molecular flexibility index (Phi) is 7.68. The first-order valence-electron chi connectivity index (χ1n) is 10.9. The summed E-state index contributed by atoms with van der Waals surface area (Å²) in [6, 6.07) is 29.8. The monoisotopic (exact) mass is 434 g/mol. The van der Waals surface area contributed by atoms with Crippen LogP contribution in [0.15, 0.2) is 91.0 Å². The first kappa shape index (κ1) is 22.6. The van der Waals surface area contributed by atoms with E-state index in [2.05, 4.69) is 0 Å². The molecule has 1 N–H and O–H groups in total. The van der Waals surface area contributed by atoms with Gasteiger partial charge in [-0.2, -0.15) is 0 Å². The average Bonchev–Trinajstić information content (AvgIpc) is 3.07. The maximum Gasteiger partial charge on any atom is 0.187 e. The number of hydrogen-bond acceptors (Lipinski definition) is 5. The number of aliphatic hydroxyl groups excluding tert-OH is 1. The van der Waals surface area contributed by atoms with Crippen LogP contribution < -0.4 is 0 Å². The van der Waals surface area contributed by atoms with Crippen molar-refractivity contribution >= 4 is 0 Å². The van der Waals surface area contributed by atoms with Crippen LogP contribution in [0.5, 0.6) is 0 Å². The van der Waals surface area contributed by atoms with Gasteiger partial charge < -0.3 is 24.1 Å². The van der Waals surface area contributed by atoms with E-state index in [-0.39, 0.29) is 6.61 Å². The average molecular weight is 435 g/mol. The number of benzene rings is 3. The van der Waals surface area contributed by atoms with E-state index in [1.165, 1.54) is 0 Å². The van der Waals surface area contributed by atoms with E-state index >= 15 is 0 Å². The molecule has 5 nitrogen and oxygen atoms in total. The fraction of sp³-hybridized carbons (Fsp3) is 0.333. The third-order valence-corrected chi connectivity index (χ3v) is 5.76. The molecule has 1 aliphatic heterocycles. The van der Waals surface area contributed by atoms with Crippen LogP contribution in [0, 0.1) is 0 Å². The summed E-state index contributed by atoms with van der Waals surface area (Å²) in [5.41, 5.74) is 2.11. The zero-order valence-corrected chi connectivity index (χ0v) is 18.3. The number of ether oxygens (including phenoxy) is 4. The summed E-state index contributed by atoms with van der Waals surface area (Å²) in [6.07, 6.45) is -2.09. The molecule has 0 saturated carbocycles. The lowest BCUT2D eigenvalue weighted by Gasteiger charge is -2.33. The molecule has 0 amide bonds. The minimum atomic E-state index is -1.13. The molecule has 0 radical (unpaired) electrons. The molecule has 0 aliphatic carbocycles. The third kappa shape index (κ3) is 5.63. The Balaban J connectivity index is 1.45. The molecule has 4 rings (SSSR count). The summed E-state index contributed by atoms with van der Waals surface area (Å²) in [5.74, 6) is 0. The van der Waals surface area contributed by atoms with Gasteiger partial charge in [0.1, 0.15) is 17.8 Å². The fourth-order valence-electron chi connectivity index (χ4n) is 3.88. The summed E-state index contributed by atoms with van der Waals surface area (Å²) in [6.45, 7) is 3.33. The van der Waals surface area contributed by atoms with Crippen LogP contribution in [0.4, 0.5) is 0 Å². The van der Waals surface area contributed by atoms with Gasteiger partial charge in [0.15, 0.2) is 6.29 Å². The topological polar surface area (TPSA) is 57.2 Å². The van der Waals surface area contributed by atoms with Crippen molar-refractivity contribution in [3.05, 3.63) is 108 Å². The normalized spacial score (nSPS) is 25.1. The number of aliphatic hydroxyl groups is 1. The first-order valence-corrected chi connectivity index (χ1v) is 10.9. The highest BCUT2D eigenvalue weighted by atomic mass is 16.7. The maximum atomic E-state index is 10.8. The lowest BCUT2D eigenvalue weighted by atomic mass is 9.96. The summed E-state index contributed by atoms with van der Waals surface area (Å²) >= 11 is 0. The number of hydrogen-bond donors (Lipinski definition) is 1. The largest absolute Gasteiger partial charge is 0.374 e. The van der Waals surface area contributed by atoms with Crippen molar-refractivity contribution in [2.24, 2.45) is 0 Å². The van der Waals surface area contributed by atoms with E-state index in [1.807, 2.05) is 97.9 Å². The molecule has 1 fully saturated rings. The molecule has 5 heteroatoms. The van der Waals surface area contributed by atoms with Crippen molar-refractivity contribution in [3.8, 4) is 0 Å². The summed E-state index contributed by atoms with van der Waals surface area (Å²) in [7, 11) is 0. The molecule has 3 aromatic carbocycles. The lowest BCUT2D eigenvalue weighted by Crippen LogP contribution is -2.49. The minimum absolute atomic E-state index is 0.287. The molecule has 1 aliphatic rings. The van der Waals surface area contributed by atoms with Crippen molar-refractivity contribution in [3.63, 3.8) is 0 Å². The van der Waals surface area contributed by atoms with Gasteiger partial charge in [-0.15, -0.1) is 0 Å². The van der Waals surface area contributed by atoms with Crippen molar-refractivity contribution < 1.29 is 24.1 Å². The SMILES string of the molecule is CC1(OCc2ccccc2)C(O)OC(COCc2ccccc2)C1OCc1ccccc1. The second-order valence-corrected chi connectivity index (χ2v) is 8.20. The van der Waals surface area contributed by atoms with Crippen LogP contribution in [0.3, 0.4) is 0 Å². The van der Waals surface area contributed by atoms with Crippen LogP contribution in [0.25, 0.3) is 0 Å². The van der Waals surface area contributed by atoms with Crippen LogP contribution >= 0.6 is 0 Å². The Hall–Kier alpha value is -2.54. The molecule has 168 valence electrons. The molecular formula is C27H30O5. The van der Waals surface area contributed by atoms with E-state index in [9.17, 15) is 5.11 Å². The van der Waals surface area contributed by atoms with E-state index in [1.54, 1.807) is 0 Å². The molecule has 1 saturated heterocycles. The molecule has 1 heterocycles. The Morgan fingerprint density at radius 2 is 1.25 bits per heavy atom. The fourth-order valence-corrected chi connectivity index (χ4v) is 3.88. The van der Waals surface area contributed by atoms with E-state index in [0.717, 1.165) is 16.7 Å². The van der Waals surface area contributed by atoms with Gasteiger partial charge in [-0.05, 0) is 23.6 Å². The van der Waals surface area contributed by atoms with Crippen molar-refractivity contribution in [2.75, 3.05) is 6.61 Å². The molecule has 0 bridgehead atoms. The van der Waals surface area contributed by atoms with Crippen LogP contribution in [-0.4, -0.2) is 35.8 Å². The predicted octanol–water partition coefficient (Wildman–Crippen LogP) is 4.48. The van der Waals surface area contributed by atoms with Crippen molar-refractivity contribution in [1.29, 1.82) is 0 Å². The smallest absolute Gasteiger partial charge is 0.187 e. The Bertz CT molecular complexity index is 934. The van der Waals surface area contributed by atoms with Gasteiger partial charge >= 0.3 is 0 Å². The minimum Gasteiger partial charge on any atom is -0.374 e. The van der Waals surface area contributed by atoms with Crippen LogP contribution in [0.2, 0.25) is 0 Å². The zero-order chi connectivity index (χ0) is 22.2. The highest BCUT2D eigenvalue weighted by Crippen LogP contribution is 2.37. The van der Waals surface area contributed by atoms with Gasteiger partial charge in [-0.3, -0.25) is 0 Å². The summed E-state index contributed by atoms with van der Waals surface area (Å²) < 4.78 is 24.3. The first-order chi connectivity index (χ1) is 15.6. The highest BCUT2D eigenvalue weighted by Gasteiger charge is 2.55. The third-order valence-electron chi connectivity index (χ3n) is 5.76. The molecule has 3 aromatic rings. The second kappa shape index (κ2) is 10.9. The Morgan fingerprint density at radius 1 is 0.750 bits per heavy atom. The molecule has 4 atom stereocenters. The number of rotatable bonds is 10. The molecule has 0 aromatic heterocycles. The standard InChI is InChI=1S/C27H30O5/c1-27(31-19-23-15-9-4-10-16-23)25(30-18-22-13-7-3-8-14-22)24(32-26(27)28)20-29-17-21-11-5-2-6-12-21/h2-16,24-26,28H,17-20H2,1H3. The lowest BCUT2D eigenvalue weighted by molar-refractivity contribution is -0.203. The van der Waals surface area contributed by atoms with Gasteiger partial charge in [0.05, 0.1) is 26.4 Å². The second-order valence-electron chi connectivity index (χ2n) is 8.20. The van der Waals surface area contributed by atoms with E-state index in [0.29, 0.717) is 19.8 Å². The summed E-state index contributed by atoms with van der Waals surface area (Å²) in [4.78, 5) is 0. The maximum absolute atomic E-state index is 10.8. The molecular weight excluding hydrogens is 404 g/mol. The quantitative estimate of drug-likeness (QED) is 0.510. The van der Waals surface area contributed by atoms with Gasteiger partial charge in [-0.1, -0.05) is 91.0 Å². The highest BCUT2D eigenvalue weighted by molar-refractivity contribution is 5.16. The zero-order valence-electron chi connectivity index (χ0n) is 18.3. The van der Waals surface area contributed by atoms with Gasteiger partial charge in [-0.25, -0.2) is 0 Å².